The molecule has 1 atom stereocenters. The minimum atomic E-state index is 0.0433. The van der Waals surface area contributed by atoms with E-state index in [1.54, 1.807) is 29.4 Å². The number of nitrogens with zero attached hydrogens (tertiary/aromatic N) is 2. The molecule has 1 unspecified atom stereocenters. The van der Waals surface area contributed by atoms with Gasteiger partial charge in [-0.25, -0.2) is 0 Å². The largest absolute Gasteiger partial charge is 0.340 e. The lowest BCUT2D eigenvalue weighted by Crippen LogP contribution is -2.38. The van der Waals surface area contributed by atoms with Gasteiger partial charge in [0.05, 0.1) is 5.56 Å². The molecular weight excluding hydrogens is 202 g/mol. The van der Waals surface area contributed by atoms with Gasteiger partial charge in [-0.05, 0) is 31.5 Å². The van der Waals surface area contributed by atoms with E-state index >= 15 is 0 Å². The van der Waals surface area contributed by atoms with Crippen LogP contribution in [0.4, 0.5) is 0 Å². The van der Waals surface area contributed by atoms with Gasteiger partial charge in [0.15, 0.2) is 0 Å². The molecule has 2 heterocycles. The Morgan fingerprint density at radius 3 is 3.19 bits per heavy atom. The molecule has 0 aliphatic carbocycles. The molecule has 16 heavy (non-hydrogen) atoms. The molecular formula is C12H17N3O. The highest BCUT2D eigenvalue weighted by Crippen LogP contribution is 2.08. The van der Waals surface area contributed by atoms with Crippen LogP contribution in [-0.4, -0.2) is 42.0 Å². The highest BCUT2D eigenvalue weighted by molar-refractivity contribution is 5.93. The van der Waals surface area contributed by atoms with E-state index in [4.69, 9.17) is 0 Å². The molecule has 0 spiro atoms. The third-order valence-corrected chi connectivity index (χ3v) is 2.91. The van der Waals surface area contributed by atoms with Crippen molar-refractivity contribution in [3.8, 4) is 0 Å². The number of carbonyl (C=O) groups is 1. The van der Waals surface area contributed by atoms with Gasteiger partial charge >= 0.3 is 0 Å². The van der Waals surface area contributed by atoms with E-state index in [1.165, 1.54) is 6.42 Å². The molecule has 1 fully saturated rings. The van der Waals surface area contributed by atoms with Crippen molar-refractivity contribution in [1.82, 2.24) is 15.2 Å². The van der Waals surface area contributed by atoms with E-state index in [0.717, 1.165) is 19.5 Å². The number of amides is 1. The molecule has 0 saturated carbocycles. The van der Waals surface area contributed by atoms with Crippen LogP contribution >= 0.6 is 0 Å². The van der Waals surface area contributed by atoms with Gasteiger partial charge in [0.2, 0.25) is 0 Å². The Kier molecular flexibility index (Phi) is 3.51. The van der Waals surface area contributed by atoms with Crippen LogP contribution in [-0.2, 0) is 0 Å². The second kappa shape index (κ2) is 5.07. The standard InChI is InChI=1S/C12H17N3O/c1-15(9-11-5-3-7-14-11)12(16)10-4-2-6-13-8-10/h2,4,6,8,11,14H,3,5,7,9H2,1H3. The Morgan fingerprint density at radius 2 is 2.56 bits per heavy atom. The van der Waals surface area contributed by atoms with Crippen LogP contribution in [0.25, 0.3) is 0 Å². The van der Waals surface area contributed by atoms with E-state index in [1.807, 2.05) is 7.05 Å². The summed E-state index contributed by atoms with van der Waals surface area (Å²) >= 11 is 0. The first-order chi connectivity index (χ1) is 7.77. The zero-order valence-electron chi connectivity index (χ0n) is 9.52. The SMILES string of the molecule is CN(CC1CCCN1)C(=O)c1cccnc1. The number of likely N-dealkylation sites (N-methyl/N-ethyl adjacent to an activating group) is 1. The fraction of sp³-hybridized carbons (Fsp3) is 0.500. The fourth-order valence-electron chi connectivity index (χ4n) is 2.04. The summed E-state index contributed by atoms with van der Waals surface area (Å²) in [5.74, 6) is 0.0433. The average Bonchev–Trinajstić information content (AvgIpc) is 2.82. The summed E-state index contributed by atoms with van der Waals surface area (Å²) in [7, 11) is 1.84. The van der Waals surface area contributed by atoms with Crippen molar-refractivity contribution in [2.45, 2.75) is 18.9 Å². The molecule has 1 aliphatic heterocycles. The molecule has 1 aliphatic rings. The van der Waals surface area contributed by atoms with Crippen LogP contribution < -0.4 is 5.32 Å². The monoisotopic (exact) mass is 219 g/mol. The molecule has 0 radical (unpaired) electrons. The first kappa shape index (κ1) is 11.1. The lowest BCUT2D eigenvalue weighted by molar-refractivity contribution is 0.0783. The molecule has 2 rings (SSSR count). The average molecular weight is 219 g/mol. The summed E-state index contributed by atoms with van der Waals surface area (Å²) in [6.07, 6.45) is 5.65. The number of hydrogen-bond donors (Lipinski definition) is 1. The maximum Gasteiger partial charge on any atom is 0.255 e. The molecule has 1 aromatic heterocycles. The maximum atomic E-state index is 12.0. The van der Waals surface area contributed by atoms with Gasteiger partial charge in [0.1, 0.15) is 0 Å². The molecule has 1 aromatic rings. The normalized spacial score (nSPS) is 19.7. The molecule has 1 saturated heterocycles. The van der Waals surface area contributed by atoms with Crippen LogP contribution in [0, 0.1) is 0 Å². The minimum absolute atomic E-state index is 0.0433. The van der Waals surface area contributed by atoms with E-state index < -0.39 is 0 Å². The summed E-state index contributed by atoms with van der Waals surface area (Å²) in [6.45, 7) is 1.84. The van der Waals surface area contributed by atoms with Crippen molar-refractivity contribution in [1.29, 1.82) is 0 Å². The summed E-state index contributed by atoms with van der Waals surface area (Å²) in [5, 5.41) is 3.38. The molecule has 0 aromatic carbocycles. The Labute approximate surface area is 95.7 Å². The van der Waals surface area contributed by atoms with E-state index in [2.05, 4.69) is 10.3 Å². The van der Waals surface area contributed by atoms with Crippen molar-refractivity contribution in [2.24, 2.45) is 0 Å². The van der Waals surface area contributed by atoms with Gasteiger partial charge < -0.3 is 10.2 Å². The topological polar surface area (TPSA) is 45.2 Å². The lowest BCUT2D eigenvalue weighted by atomic mass is 10.2. The van der Waals surface area contributed by atoms with Gasteiger partial charge in [-0.15, -0.1) is 0 Å². The van der Waals surface area contributed by atoms with E-state index in [0.29, 0.717) is 11.6 Å². The van der Waals surface area contributed by atoms with E-state index in [9.17, 15) is 4.79 Å². The highest BCUT2D eigenvalue weighted by atomic mass is 16.2. The molecule has 86 valence electrons. The smallest absolute Gasteiger partial charge is 0.255 e. The number of pyridine rings is 1. The van der Waals surface area contributed by atoms with Crippen LogP contribution in [0.1, 0.15) is 23.2 Å². The number of carbonyl (C=O) groups excluding carboxylic acids is 1. The quantitative estimate of drug-likeness (QED) is 0.821. The second-order valence-electron chi connectivity index (χ2n) is 4.22. The van der Waals surface area contributed by atoms with Gasteiger partial charge in [-0.1, -0.05) is 0 Å². The molecule has 0 bridgehead atoms. The number of nitrogens with one attached hydrogen (secondary N) is 1. The van der Waals surface area contributed by atoms with Gasteiger partial charge in [-0.2, -0.15) is 0 Å². The van der Waals surface area contributed by atoms with Crippen molar-refractivity contribution in [2.75, 3.05) is 20.1 Å². The maximum absolute atomic E-state index is 12.0. The summed E-state index contributed by atoms with van der Waals surface area (Å²) in [4.78, 5) is 17.7. The molecule has 1 N–H and O–H groups in total. The van der Waals surface area contributed by atoms with Crippen LogP contribution in [0.2, 0.25) is 0 Å². The number of rotatable bonds is 3. The van der Waals surface area contributed by atoms with Crippen molar-refractivity contribution < 1.29 is 4.79 Å². The summed E-state index contributed by atoms with van der Waals surface area (Å²) in [5.41, 5.74) is 0.656. The number of aromatic nitrogens is 1. The molecule has 1 amide bonds. The number of hydrogen-bond acceptors (Lipinski definition) is 3. The Morgan fingerprint density at radius 1 is 1.69 bits per heavy atom. The van der Waals surface area contributed by atoms with Crippen LogP contribution in [0.5, 0.6) is 0 Å². The van der Waals surface area contributed by atoms with Crippen molar-refractivity contribution in [3.05, 3.63) is 30.1 Å². The van der Waals surface area contributed by atoms with Gasteiger partial charge in [0, 0.05) is 32.0 Å². The fourth-order valence-corrected chi connectivity index (χ4v) is 2.04. The van der Waals surface area contributed by atoms with Gasteiger partial charge in [0.25, 0.3) is 5.91 Å². The highest BCUT2D eigenvalue weighted by Gasteiger charge is 2.19. The Balaban J connectivity index is 1.94. The second-order valence-corrected chi connectivity index (χ2v) is 4.22. The van der Waals surface area contributed by atoms with Gasteiger partial charge in [-0.3, -0.25) is 9.78 Å². The lowest BCUT2D eigenvalue weighted by Gasteiger charge is -2.21. The third-order valence-electron chi connectivity index (χ3n) is 2.91. The first-order valence-electron chi connectivity index (χ1n) is 5.66. The minimum Gasteiger partial charge on any atom is -0.340 e. The first-order valence-corrected chi connectivity index (χ1v) is 5.66. The molecule has 4 nitrogen and oxygen atoms in total. The summed E-state index contributed by atoms with van der Waals surface area (Å²) < 4.78 is 0. The van der Waals surface area contributed by atoms with Crippen molar-refractivity contribution in [3.63, 3.8) is 0 Å². The van der Waals surface area contributed by atoms with Crippen LogP contribution in [0.15, 0.2) is 24.5 Å². The predicted octanol–water partition coefficient (Wildman–Crippen LogP) is 0.906. The third kappa shape index (κ3) is 2.58. The Hall–Kier alpha value is -1.42. The zero-order valence-corrected chi connectivity index (χ0v) is 9.52. The molecule has 4 heteroatoms. The van der Waals surface area contributed by atoms with Crippen molar-refractivity contribution >= 4 is 5.91 Å². The van der Waals surface area contributed by atoms with Crippen LogP contribution in [0.3, 0.4) is 0 Å². The Bertz CT molecular complexity index is 347. The zero-order chi connectivity index (χ0) is 11.4. The van der Waals surface area contributed by atoms with E-state index in [-0.39, 0.29) is 5.91 Å². The predicted molar refractivity (Wildman–Crippen MR) is 62.2 cm³/mol. The summed E-state index contributed by atoms with van der Waals surface area (Å²) in [6, 6.07) is 4.04.